The Morgan fingerprint density at radius 1 is 1.18 bits per heavy atom. The number of hydrogen-bond acceptors (Lipinski definition) is 2. The number of Topliss-reactive ketones (excluding diaryl/α,β-unsaturated/α-hetero) is 1. The standard InChI is InChI=1S/C20H32O2/c1-7-17(9-8-16(6)21)18-10-11-20(22-13-14(2)3)19(12-18)15(4)5/h10-12,14-15,17H,7-9,13H2,1-6H3. The van der Waals surface area contributed by atoms with Crippen molar-refractivity contribution in [1.29, 1.82) is 0 Å². The van der Waals surface area contributed by atoms with Gasteiger partial charge < -0.3 is 9.53 Å². The van der Waals surface area contributed by atoms with E-state index in [-0.39, 0.29) is 5.78 Å². The van der Waals surface area contributed by atoms with Gasteiger partial charge in [0.2, 0.25) is 0 Å². The van der Waals surface area contributed by atoms with Crippen LogP contribution in [0, 0.1) is 5.92 Å². The lowest BCUT2D eigenvalue weighted by Gasteiger charge is -2.20. The molecular formula is C20H32O2. The number of hydrogen-bond donors (Lipinski definition) is 0. The second-order valence-corrected chi connectivity index (χ2v) is 7.00. The molecule has 2 nitrogen and oxygen atoms in total. The molecular weight excluding hydrogens is 272 g/mol. The number of rotatable bonds is 9. The van der Waals surface area contributed by atoms with E-state index in [0.717, 1.165) is 25.2 Å². The molecule has 0 heterocycles. The Kier molecular flexibility index (Phi) is 7.64. The molecule has 1 aromatic carbocycles. The average molecular weight is 304 g/mol. The van der Waals surface area contributed by atoms with Crippen LogP contribution in [0.4, 0.5) is 0 Å². The fourth-order valence-electron chi connectivity index (χ4n) is 2.64. The van der Waals surface area contributed by atoms with Crippen molar-refractivity contribution in [3.05, 3.63) is 29.3 Å². The number of carbonyl (C=O) groups excluding carboxylic acids is 1. The highest BCUT2D eigenvalue weighted by Gasteiger charge is 2.15. The maximum Gasteiger partial charge on any atom is 0.129 e. The molecule has 0 spiro atoms. The van der Waals surface area contributed by atoms with E-state index in [9.17, 15) is 4.79 Å². The van der Waals surface area contributed by atoms with Crippen molar-refractivity contribution in [1.82, 2.24) is 0 Å². The maximum absolute atomic E-state index is 11.3. The van der Waals surface area contributed by atoms with Crippen LogP contribution in [0.1, 0.15) is 83.8 Å². The molecule has 0 saturated carbocycles. The molecule has 1 aromatic rings. The van der Waals surface area contributed by atoms with Gasteiger partial charge in [0, 0.05) is 6.42 Å². The minimum atomic E-state index is 0.277. The molecule has 0 aromatic heterocycles. The van der Waals surface area contributed by atoms with Crippen molar-refractivity contribution >= 4 is 5.78 Å². The van der Waals surface area contributed by atoms with E-state index in [2.05, 4.69) is 52.8 Å². The molecule has 0 bridgehead atoms. The van der Waals surface area contributed by atoms with E-state index in [4.69, 9.17) is 4.74 Å². The monoisotopic (exact) mass is 304 g/mol. The van der Waals surface area contributed by atoms with Gasteiger partial charge in [0.25, 0.3) is 0 Å². The normalized spacial score (nSPS) is 12.7. The van der Waals surface area contributed by atoms with E-state index >= 15 is 0 Å². The largest absolute Gasteiger partial charge is 0.493 e. The molecule has 0 aliphatic rings. The van der Waals surface area contributed by atoms with Gasteiger partial charge >= 0.3 is 0 Å². The third kappa shape index (κ3) is 5.82. The molecule has 0 radical (unpaired) electrons. The summed E-state index contributed by atoms with van der Waals surface area (Å²) < 4.78 is 5.97. The number of carbonyl (C=O) groups is 1. The summed E-state index contributed by atoms with van der Waals surface area (Å²) in [6.07, 6.45) is 2.67. The van der Waals surface area contributed by atoms with Crippen molar-refractivity contribution in [3.63, 3.8) is 0 Å². The Hall–Kier alpha value is -1.31. The van der Waals surface area contributed by atoms with Crippen LogP contribution in [0.25, 0.3) is 0 Å². The molecule has 2 heteroatoms. The molecule has 0 N–H and O–H groups in total. The number of ether oxygens (including phenoxy) is 1. The van der Waals surface area contributed by atoms with Crippen molar-refractivity contribution in [2.75, 3.05) is 6.61 Å². The Bertz CT molecular complexity index is 475. The first-order valence-electron chi connectivity index (χ1n) is 8.61. The molecule has 0 amide bonds. The van der Waals surface area contributed by atoms with Crippen molar-refractivity contribution in [3.8, 4) is 5.75 Å². The predicted octanol–water partition coefficient (Wildman–Crippen LogP) is 5.71. The Labute approximate surface area is 136 Å². The summed E-state index contributed by atoms with van der Waals surface area (Å²) in [4.78, 5) is 11.3. The summed E-state index contributed by atoms with van der Waals surface area (Å²) >= 11 is 0. The Balaban J connectivity index is 2.96. The Morgan fingerprint density at radius 3 is 2.36 bits per heavy atom. The van der Waals surface area contributed by atoms with Crippen LogP contribution in [-0.2, 0) is 4.79 Å². The highest BCUT2D eigenvalue weighted by molar-refractivity contribution is 5.75. The average Bonchev–Trinajstić information content (AvgIpc) is 2.45. The van der Waals surface area contributed by atoms with Gasteiger partial charge in [-0.1, -0.05) is 46.8 Å². The fraction of sp³-hybridized carbons (Fsp3) is 0.650. The summed E-state index contributed by atoms with van der Waals surface area (Å²) in [5.41, 5.74) is 2.61. The zero-order chi connectivity index (χ0) is 16.7. The topological polar surface area (TPSA) is 26.3 Å². The molecule has 1 rings (SSSR count). The van der Waals surface area contributed by atoms with Crippen LogP contribution in [0.3, 0.4) is 0 Å². The molecule has 0 aliphatic heterocycles. The lowest BCUT2D eigenvalue weighted by molar-refractivity contribution is -0.117. The fourth-order valence-corrected chi connectivity index (χ4v) is 2.64. The highest BCUT2D eigenvalue weighted by atomic mass is 16.5. The second kappa shape index (κ2) is 8.97. The summed E-state index contributed by atoms with van der Waals surface area (Å²) in [6.45, 7) is 13.4. The first-order chi connectivity index (χ1) is 10.3. The van der Waals surface area contributed by atoms with Gasteiger partial charge in [-0.15, -0.1) is 0 Å². The highest BCUT2D eigenvalue weighted by Crippen LogP contribution is 2.33. The van der Waals surface area contributed by atoms with E-state index < -0.39 is 0 Å². The second-order valence-electron chi connectivity index (χ2n) is 7.00. The van der Waals surface area contributed by atoms with E-state index in [1.54, 1.807) is 6.92 Å². The maximum atomic E-state index is 11.3. The quantitative estimate of drug-likeness (QED) is 0.584. The molecule has 124 valence electrons. The van der Waals surface area contributed by atoms with E-state index in [1.807, 2.05) is 0 Å². The first-order valence-corrected chi connectivity index (χ1v) is 8.61. The third-order valence-electron chi connectivity index (χ3n) is 4.04. The number of benzene rings is 1. The van der Waals surface area contributed by atoms with Crippen LogP contribution in [-0.4, -0.2) is 12.4 Å². The lowest BCUT2D eigenvalue weighted by atomic mass is 9.88. The summed E-state index contributed by atoms with van der Waals surface area (Å²) in [5, 5.41) is 0. The van der Waals surface area contributed by atoms with Crippen molar-refractivity contribution in [2.24, 2.45) is 5.92 Å². The molecule has 0 fully saturated rings. The molecule has 0 aliphatic carbocycles. The van der Waals surface area contributed by atoms with E-state index in [0.29, 0.717) is 24.2 Å². The van der Waals surface area contributed by atoms with Gasteiger partial charge in [-0.2, -0.15) is 0 Å². The van der Waals surface area contributed by atoms with Crippen LogP contribution in [0.2, 0.25) is 0 Å². The van der Waals surface area contributed by atoms with E-state index in [1.165, 1.54) is 11.1 Å². The zero-order valence-corrected chi connectivity index (χ0v) is 15.1. The van der Waals surface area contributed by atoms with Crippen LogP contribution >= 0.6 is 0 Å². The van der Waals surface area contributed by atoms with Gasteiger partial charge in [-0.25, -0.2) is 0 Å². The predicted molar refractivity (Wildman–Crippen MR) is 93.8 cm³/mol. The van der Waals surface area contributed by atoms with Crippen molar-refractivity contribution in [2.45, 2.75) is 72.6 Å². The minimum Gasteiger partial charge on any atom is -0.493 e. The van der Waals surface area contributed by atoms with Gasteiger partial charge in [0.1, 0.15) is 11.5 Å². The lowest BCUT2D eigenvalue weighted by Crippen LogP contribution is -2.08. The van der Waals surface area contributed by atoms with Crippen LogP contribution in [0.15, 0.2) is 18.2 Å². The third-order valence-corrected chi connectivity index (χ3v) is 4.04. The minimum absolute atomic E-state index is 0.277. The van der Waals surface area contributed by atoms with Crippen LogP contribution < -0.4 is 4.74 Å². The van der Waals surface area contributed by atoms with Crippen molar-refractivity contribution < 1.29 is 9.53 Å². The Morgan fingerprint density at radius 2 is 1.86 bits per heavy atom. The summed E-state index contributed by atoms with van der Waals surface area (Å²) in [5.74, 6) is 2.71. The van der Waals surface area contributed by atoms with Gasteiger partial charge in [0.05, 0.1) is 6.61 Å². The molecule has 1 atom stereocenters. The number of ketones is 1. The first kappa shape index (κ1) is 18.7. The van der Waals surface area contributed by atoms with Gasteiger partial charge in [0.15, 0.2) is 0 Å². The van der Waals surface area contributed by atoms with Gasteiger partial charge in [-0.3, -0.25) is 0 Å². The smallest absolute Gasteiger partial charge is 0.129 e. The SMILES string of the molecule is CCC(CCC(C)=O)c1ccc(OCC(C)C)c(C(C)C)c1. The zero-order valence-electron chi connectivity index (χ0n) is 15.1. The van der Waals surface area contributed by atoms with Gasteiger partial charge in [-0.05, 0) is 54.7 Å². The summed E-state index contributed by atoms with van der Waals surface area (Å²) in [7, 11) is 0. The molecule has 0 saturated heterocycles. The molecule has 22 heavy (non-hydrogen) atoms. The van der Waals surface area contributed by atoms with Crippen LogP contribution in [0.5, 0.6) is 5.75 Å². The molecule has 1 unspecified atom stereocenters. The summed E-state index contributed by atoms with van der Waals surface area (Å²) in [6, 6.07) is 6.58.